The zero-order valence-corrected chi connectivity index (χ0v) is 15.3. The van der Waals surface area contributed by atoms with Crippen LogP contribution in [0.4, 0.5) is 0 Å². The Labute approximate surface area is 143 Å². The van der Waals surface area contributed by atoms with Crippen LogP contribution in [0.2, 0.25) is 0 Å². The molecule has 1 nitrogen and oxygen atoms in total. The number of rotatable bonds is 4. The fraction of sp³-hybridized carbons (Fsp3) is 0.333. The largest absolute Gasteiger partial charge is 0.496 e. The van der Waals surface area contributed by atoms with Crippen molar-refractivity contribution in [1.82, 2.24) is 0 Å². The van der Waals surface area contributed by atoms with Gasteiger partial charge < -0.3 is 4.74 Å². The number of methoxy groups -OCH3 is 1. The molecule has 3 atom stereocenters. The van der Waals surface area contributed by atoms with Gasteiger partial charge in [0.15, 0.2) is 0 Å². The first-order valence-electron chi connectivity index (χ1n) is 7.15. The first-order chi connectivity index (χ1) is 10.1. The van der Waals surface area contributed by atoms with E-state index in [-0.39, 0.29) is 0 Å². The Morgan fingerprint density at radius 3 is 2.57 bits per heavy atom. The molecule has 1 saturated carbocycles. The van der Waals surface area contributed by atoms with Gasteiger partial charge in [-0.2, -0.15) is 0 Å². The lowest BCUT2D eigenvalue weighted by atomic mass is 10.0. The van der Waals surface area contributed by atoms with Crippen molar-refractivity contribution in [3.63, 3.8) is 0 Å². The van der Waals surface area contributed by atoms with Crippen LogP contribution in [0.15, 0.2) is 46.9 Å². The Morgan fingerprint density at radius 1 is 1.19 bits per heavy atom. The van der Waals surface area contributed by atoms with Crippen LogP contribution in [0.1, 0.15) is 33.9 Å². The van der Waals surface area contributed by atoms with E-state index in [9.17, 15) is 0 Å². The van der Waals surface area contributed by atoms with Crippen LogP contribution in [-0.2, 0) is 0 Å². The third kappa shape index (κ3) is 3.04. The molecule has 0 amide bonds. The highest BCUT2D eigenvalue weighted by molar-refractivity contribution is 9.10. The van der Waals surface area contributed by atoms with E-state index in [1.54, 1.807) is 7.11 Å². The molecule has 0 saturated heterocycles. The monoisotopic (exact) mass is 408 g/mol. The van der Waals surface area contributed by atoms with Crippen molar-refractivity contribution < 1.29 is 4.74 Å². The van der Waals surface area contributed by atoms with Gasteiger partial charge in [-0.3, -0.25) is 0 Å². The molecule has 2 aromatic rings. The summed E-state index contributed by atoms with van der Waals surface area (Å²) in [5.41, 5.74) is 3.88. The number of ether oxygens (including phenoxy) is 1. The molecule has 0 radical (unpaired) electrons. The summed E-state index contributed by atoms with van der Waals surface area (Å²) in [6.07, 6.45) is 1.23. The molecule has 3 heteroatoms. The van der Waals surface area contributed by atoms with Crippen LogP contribution in [0.3, 0.4) is 0 Å². The van der Waals surface area contributed by atoms with Crippen LogP contribution in [0, 0.1) is 12.8 Å². The molecule has 3 rings (SSSR count). The normalized spacial score (nSPS) is 21.9. The molecule has 1 aliphatic rings. The van der Waals surface area contributed by atoms with E-state index in [0.29, 0.717) is 16.7 Å². The van der Waals surface area contributed by atoms with Gasteiger partial charge in [-0.15, -0.1) is 0 Å². The van der Waals surface area contributed by atoms with Gasteiger partial charge in [0.05, 0.1) is 7.11 Å². The summed E-state index contributed by atoms with van der Waals surface area (Å²) in [7, 11) is 1.74. The molecule has 3 unspecified atom stereocenters. The number of benzene rings is 2. The van der Waals surface area contributed by atoms with E-state index in [2.05, 4.69) is 81.2 Å². The second-order valence-corrected chi connectivity index (χ2v) is 7.50. The van der Waals surface area contributed by atoms with E-state index in [1.807, 2.05) is 0 Å². The van der Waals surface area contributed by atoms with Crippen molar-refractivity contribution in [2.45, 2.75) is 24.1 Å². The molecule has 110 valence electrons. The third-order valence-corrected chi connectivity index (χ3v) is 6.28. The SMILES string of the molecule is COc1cc(C)c(Br)cc1C(Br)C1CC1c1ccccc1. The minimum Gasteiger partial charge on any atom is -0.496 e. The minimum atomic E-state index is 0.328. The maximum atomic E-state index is 5.57. The van der Waals surface area contributed by atoms with Gasteiger partial charge in [-0.1, -0.05) is 62.2 Å². The Kier molecular flexibility index (Phi) is 4.41. The van der Waals surface area contributed by atoms with Crippen molar-refractivity contribution in [3.8, 4) is 5.75 Å². The molecule has 0 spiro atoms. The lowest BCUT2D eigenvalue weighted by Crippen LogP contribution is -1.99. The predicted molar refractivity (Wildman–Crippen MR) is 94.4 cm³/mol. The minimum absolute atomic E-state index is 0.328. The predicted octanol–water partition coefficient (Wildman–Crippen LogP) is 6.01. The lowest BCUT2D eigenvalue weighted by Gasteiger charge is -2.16. The molecular formula is C18H18Br2O. The average molecular weight is 410 g/mol. The van der Waals surface area contributed by atoms with E-state index in [4.69, 9.17) is 4.74 Å². The zero-order chi connectivity index (χ0) is 15.0. The van der Waals surface area contributed by atoms with Gasteiger partial charge in [-0.05, 0) is 48.4 Å². The smallest absolute Gasteiger partial charge is 0.123 e. The molecule has 1 fully saturated rings. The second kappa shape index (κ2) is 6.13. The van der Waals surface area contributed by atoms with Crippen molar-refractivity contribution in [1.29, 1.82) is 0 Å². The molecule has 0 aliphatic heterocycles. The highest BCUT2D eigenvalue weighted by Gasteiger charge is 2.44. The molecule has 0 heterocycles. The lowest BCUT2D eigenvalue weighted by molar-refractivity contribution is 0.408. The Balaban J connectivity index is 1.84. The van der Waals surface area contributed by atoms with Crippen molar-refractivity contribution >= 4 is 31.9 Å². The van der Waals surface area contributed by atoms with Gasteiger partial charge in [-0.25, -0.2) is 0 Å². The third-order valence-electron chi connectivity index (χ3n) is 4.25. The fourth-order valence-corrected chi connectivity index (χ4v) is 4.22. The number of hydrogen-bond donors (Lipinski definition) is 0. The number of aryl methyl sites for hydroxylation is 1. The summed E-state index contributed by atoms with van der Waals surface area (Å²) in [4.78, 5) is 0.328. The number of halogens is 2. The van der Waals surface area contributed by atoms with Crippen molar-refractivity contribution in [3.05, 3.63) is 63.6 Å². The maximum absolute atomic E-state index is 5.57. The fourth-order valence-electron chi connectivity index (χ4n) is 2.91. The summed E-state index contributed by atoms with van der Waals surface area (Å²) in [5.74, 6) is 2.26. The van der Waals surface area contributed by atoms with E-state index in [1.165, 1.54) is 23.1 Å². The maximum Gasteiger partial charge on any atom is 0.123 e. The standard InChI is InChI=1S/C18H18Br2O/c1-11-8-17(21-2)15(10-16(11)19)18(20)14-9-13(14)12-6-4-3-5-7-12/h3-8,10,13-14,18H,9H2,1-2H3. The molecular weight excluding hydrogens is 392 g/mol. The second-order valence-electron chi connectivity index (χ2n) is 5.66. The summed E-state index contributed by atoms with van der Waals surface area (Å²) in [5, 5.41) is 0. The van der Waals surface area contributed by atoms with Crippen LogP contribution in [-0.4, -0.2) is 7.11 Å². The molecule has 21 heavy (non-hydrogen) atoms. The topological polar surface area (TPSA) is 9.23 Å². The van der Waals surface area contributed by atoms with Crippen molar-refractivity contribution in [2.75, 3.05) is 7.11 Å². The van der Waals surface area contributed by atoms with E-state index in [0.717, 1.165) is 10.2 Å². The van der Waals surface area contributed by atoms with Crippen molar-refractivity contribution in [2.24, 2.45) is 5.92 Å². The molecule has 0 N–H and O–H groups in total. The van der Waals surface area contributed by atoms with Gasteiger partial charge >= 0.3 is 0 Å². The van der Waals surface area contributed by atoms with E-state index >= 15 is 0 Å². The summed E-state index contributed by atoms with van der Waals surface area (Å²) in [6, 6.07) is 15.1. The van der Waals surface area contributed by atoms with Crippen LogP contribution in [0.25, 0.3) is 0 Å². The average Bonchev–Trinajstić information content (AvgIpc) is 3.30. The quantitative estimate of drug-likeness (QED) is 0.562. The van der Waals surface area contributed by atoms with E-state index < -0.39 is 0 Å². The summed E-state index contributed by atoms with van der Waals surface area (Å²) < 4.78 is 6.71. The van der Waals surface area contributed by atoms with Crippen LogP contribution < -0.4 is 4.74 Å². The Bertz CT molecular complexity index is 639. The first-order valence-corrected chi connectivity index (χ1v) is 8.85. The van der Waals surface area contributed by atoms with Gasteiger partial charge in [0.1, 0.15) is 5.75 Å². The Morgan fingerprint density at radius 2 is 1.90 bits per heavy atom. The number of alkyl halides is 1. The zero-order valence-electron chi connectivity index (χ0n) is 12.1. The first kappa shape index (κ1) is 15.1. The highest BCUT2D eigenvalue weighted by Crippen LogP contribution is 2.58. The van der Waals surface area contributed by atoms with Gasteiger partial charge in [0.2, 0.25) is 0 Å². The van der Waals surface area contributed by atoms with Crippen LogP contribution >= 0.6 is 31.9 Å². The Hall–Kier alpha value is -0.800. The highest BCUT2D eigenvalue weighted by atomic mass is 79.9. The van der Waals surface area contributed by atoms with Crippen LogP contribution in [0.5, 0.6) is 5.75 Å². The summed E-state index contributed by atoms with van der Waals surface area (Å²) >= 11 is 7.53. The molecule has 0 aromatic heterocycles. The molecule has 1 aliphatic carbocycles. The number of hydrogen-bond acceptors (Lipinski definition) is 1. The molecule has 2 aromatic carbocycles. The molecule has 0 bridgehead atoms. The van der Waals surface area contributed by atoms with Gasteiger partial charge in [0.25, 0.3) is 0 Å². The summed E-state index contributed by atoms with van der Waals surface area (Å²) in [6.45, 7) is 2.09. The van der Waals surface area contributed by atoms with Gasteiger partial charge in [0, 0.05) is 14.9 Å².